The fourth-order valence-electron chi connectivity index (χ4n) is 2.37. The number of carbonyl (C=O) groups is 1. The van der Waals surface area contributed by atoms with Gasteiger partial charge in [-0.25, -0.2) is 21.6 Å². The Balaban J connectivity index is 3.02. The van der Waals surface area contributed by atoms with Crippen molar-refractivity contribution in [2.75, 3.05) is 44.4 Å². The van der Waals surface area contributed by atoms with E-state index in [2.05, 4.69) is 4.72 Å². The molecule has 1 aromatic carbocycles. The molecule has 0 unspecified atom stereocenters. The molecule has 27 heavy (non-hydrogen) atoms. The van der Waals surface area contributed by atoms with Crippen LogP contribution in [-0.4, -0.2) is 67.7 Å². The quantitative estimate of drug-likeness (QED) is 0.593. The van der Waals surface area contributed by atoms with Crippen LogP contribution in [0.25, 0.3) is 0 Å². The molecular weight excluding hydrogens is 394 g/mol. The first kappa shape index (κ1) is 23.2. The van der Waals surface area contributed by atoms with Gasteiger partial charge in [-0.2, -0.15) is 0 Å². The molecule has 0 saturated heterocycles. The number of hydrogen-bond acceptors (Lipinski definition) is 6. The molecule has 0 heterocycles. The first-order valence-electron chi connectivity index (χ1n) is 8.37. The number of ether oxygens (including phenoxy) is 1. The van der Waals surface area contributed by atoms with Gasteiger partial charge < -0.3 is 9.64 Å². The molecule has 0 aromatic heterocycles. The first-order chi connectivity index (χ1) is 12.5. The molecule has 1 rings (SSSR count). The molecule has 0 atom stereocenters. The predicted octanol–water partition coefficient (Wildman–Crippen LogP) is 0.628. The van der Waals surface area contributed by atoms with Gasteiger partial charge in [-0.1, -0.05) is 0 Å². The van der Waals surface area contributed by atoms with Crippen LogP contribution in [-0.2, 0) is 24.8 Å². The van der Waals surface area contributed by atoms with E-state index in [0.717, 1.165) is 10.6 Å². The van der Waals surface area contributed by atoms with Gasteiger partial charge in [0.05, 0.1) is 23.9 Å². The van der Waals surface area contributed by atoms with Crippen LogP contribution in [0.3, 0.4) is 0 Å². The molecule has 1 N–H and O–H groups in total. The van der Waals surface area contributed by atoms with Crippen molar-refractivity contribution in [2.45, 2.75) is 25.2 Å². The van der Waals surface area contributed by atoms with E-state index in [1.54, 1.807) is 4.90 Å². The third-order valence-corrected chi connectivity index (χ3v) is 6.69. The zero-order chi connectivity index (χ0) is 20.8. The molecule has 0 spiro atoms. The highest BCUT2D eigenvalue weighted by atomic mass is 32.2. The van der Waals surface area contributed by atoms with Crippen molar-refractivity contribution in [3.05, 3.63) is 18.2 Å². The Morgan fingerprint density at radius 3 is 2.22 bits per heavy atom. The Labute approximate surface area is 161 Å². The summed E-state index contributed by atoms with van der Waals surface area (Å²) < 4.78 is 57.0. The van der Waals surface area contributed by atoms with Gasteiger partial charge in [0.2, 0.25) is 26.0 Å². The number of nitrogens with one attached hydrogen (secondary N) is 1. The molecular formula is C16H27N3O6S2. The van der Waals surface area contributed by atoms with Crippen molar-refractivity contribution in [2.24, 2.45) is 0 Å². The molecule has 0 bridgehead atoms. The summed E-state index contributed by atoms with van der Waals surface area (Å²) in [6.07, 6.45) is 1.04. The average molecular weight is 422 g/mol. The SMILES string of the molecule is CCN(CC)C(=O)CCNS(=O)(=O)c1ccc(OC)c(N(C)S(C)(=O)=O)c1. The van der Waals surface area contributed by atoms with E-state index in [9.17, 15) is 21.6 Å². The maximum Gasteiger partial charge on any atom is 0.240 e. The van der Waals surface area contributed by atoms with Gasteiger partial charge >= 0.3 is 0 Å². The predicted molar refractivity (Wildman–Crippen MR) is 104 cm³/mol. The number of methoxy groups -OCH3 is 1. The van der Waals surface area contributed by atoms with Gasteiger partial charge in [-0.3, -0.25) is 9.10 Å². The van der Waals surface area contributed by atoms with Gasteiger partial charge in [-0.05, 0) is 32.0 Å². The smallest absolute Gasteiger partial charge is 0.240 e. The lowest BCUT2D eigenvalue weighted by molar-refractivity contribution is -0.130. The van der Waals surface area contributed by atoms with E-state index in [1.807, 2.05) is 13.8 Å². The van der Waals surface area contributed by atoms with Crippen LogP contribution < -0.4 is 13.8 Å². The number of carbonyl (C=O) groups excluding carboxylic acids is 1. The largest absolute Gasteiger partial charge is 0.495 e. The number of benzene rings is 1. The van der Waals surface area contributed by atoms with Crippen LogP contribution in [0.4, 0.5) is 5.69 Å². The van der Waals surface area contributed by atoms with Gasteiger partial charge in [0.1, 0.15) is 5.75 Å². The molecule has 0 saturated carbocycles. The highest BCUT2D eigenvalue weighted by Crippen LogP contribution is 2.31. The van der Waals surface area contributed by atoms with E-state index < -0.39 is 20.0 Å². The summed E-state index contributed by atoms with van der Waals surface area (Å²) in [6, 6.07) is 3.91. The fourth-order valence-corrected chi connectivity index (χ4v) is 3.92. The summed E-state index contributed by atoms with van der Waals surface area (Å²) in [5, 5.41) is 0. The minimum atomic E-state index is -3.92. The Kier molecular flexibility index (Phi) is 8.05. The van der Waals surface area contributed by atoms with E-state index in [-0.39, 0.29) is 35.2 Å². The summed E-state index contributed by atoms with van der Waals surface area (Å²) >= 11 is 0. The minimum Gasteiger partial charge on any atom is -0.495 e. The van der Waals surface area contributed by atoms with Crippen molar-refractivity contribution < 1.29 is 26.4 Å². The highest BCUT2D eigenvalue weighted by Gasteiger charge is 2.22. The Hall–Kier alpha value is -1.85. The van der Waals surface area contributed by atoms with Crippen LogP contribution in [0.1, 0.15) is 20.3 Å². The Bertz CT molecular complexity index is 864. The van der Waals surface area contributed by atoms with Crippen molar-refractivity contribution in [1.82, 2.24) is 9.62 Å². The maximum atomic E-state index is 12.5. The number of sulfonamides is 2. The number of nitrogens with zero attached hydrogens (tertiary/aromatic N) is 2. The van der Waals surface area contributed by atoms with Crippen molar-refractivity contribution in [1.29, 1.82) is 0 Å². The molecule has 0 fully saturated rings. The van der Waals surface area contributed by atoms with Gasteiger partial charge in [0.15, 0.2) is 0 Å². The number of rotatable bonds is 10. The molecule has 9 nitrogen and oxygen atoms in total. The molecule has 154 valence electrons. The van der Waals surface area contributed by atoms with E-state index in [1.165, 1.54) is 32.4 Å². The maximum absolute atomic E-state index is 12.5. The van der Waals surface area contributed by atoms with Crippen molar-refractivity contribution in [3.8, 4) is 5.75 Å². The lowest BCUT2D eigenvalue weighted by atomic mass is 10.3. The normalized spacial score (nSPS) is 11.9. The molecule has 0 radical (unpaired) electrons. The third-order valence-electron chi connectivity index (χ3n) is 4.04. The third kappa shape index (κ3) is 6.08. The van der Waals surface area contributed by atoms with Gasteiger partial charge in [0, 0.05) is 33.1 Å². The summed E-state index contributed by atoms with van der Waals surface area (Å²) in [7, 11) is -4.86. The number of anilines is 1. The Morgan fingerprint density at radius 1 is 1.15 bits per heavy atom. The topological polar surface area (TPSA) is 113 Å². The van der Waals surface area contributed by atoms with E-state index >= 15 is 0 Å². The second-order valence-corrected chi connectivity index (χ2v) is 9.56. The Morgan fingerprint density at radius 2 is 1.74 bits per heavy atom. The van der Waals surface area contributed by atoms with Crippen LogP contribution >= 0.6 is 0 Å². The fraction of sp³-hybridized carbons (Fsp3) is 0.562. The van der Waals surface area contributed by atoms with Crippen molar-refractivity contribution in [3.63, 3.8) is 0 Å². The summed E-state index contributed by atoms with van der Waals surface area (Å²) in [6.45, 7) is 4.76. The van der Waals surface area contributed by atoms with Gasteiger partial charge in [-0.15, -0.1) is 0 Å². The number of amides is 1. The molecule has 1 amide bonds. The summed E-state index contributed by atoms with van der Waals surface area (Å²) in [5.41, 5.74) is 0.0992. The zero-order valence-electron chi connectivity index (χ0n) is 16.2. The monoisotopic (exact) mass is 421 g/mol. The lowest BCUT2D eigenvalue weighted by Gasteiger charge is -2.20. The molecule has 11 heteroatoms. The van der Waals surface area contributed by atoms with Crippen LogP contribution in [0, 0.1) is 0 Å². The summed E-state index contributed by atoms with van der Waals surface area (Å²) in [4.78, 5) is 13.5. The molecule has 0 aliphatic rings. The van der Waals surface area contributed by atoms with E-state index in [0.29, 0.717) is 13.1 Å². The van der Waals surface area contributed by atoms with Crippen molar-refractivity contribution >= 4 is 31.6 Å². The summed E-state index contributed by atoms with van der Waals surface area (Å²) in [5.74, 6) is 0.0773. The van der Waals surface area contributed by atoms with E-state index in [4.69, 9.17) is 4.74 Å². The first-order valence-corrected chi connectivity index (χ1v) is 11.7. The molecule has 0 aliphatic heterocycles. The van der Waals surface area contributed by atoms with Gasteiger partial charge in [0.25, 0.3) is 0 Å². The second-order valence-electron chi connectivity index (χ2n) is 5.78. The average Bonchev–Trinajstić information content (AvgIpc) is 2.60. The minimum absolute atomic E-state index is 0.0349. The van der Waals surface area contributed by atoms with Crippen LogP contribution in [0.15, 0.2) is 23.1 Å². The van der Waals surface area contributed by atoms with Crippen LogP contribution in [0.5, 0.6) is 5.75 Å². The molecule has 1 aromatic rings. The standard InChI is InChI=1S/C16H27N3O6S2/c1-6-19(7-2)16(20)10-11-17-27(23,24)13-8-9-15(25-4)14(12-13)18(3)26(5,21)22/h8-9,12,17H,6-7,10-11H2,1-5H3. The molecule has 0 aliphatic carbocycles. The lowest BCUT2D eigenvalue weighted by Crippen LogP contribution is -2.34. The van der Waals surface area contributed by atoms with Crippen LogP contribution in [0.2, 0.25) is 0 Å². The highest BCUT2D eigenvalue weighted by molar-refractivity contribution is 7.92. The second kappa shape index (κ2) is 9.38. The zero-order valence-corrected chi connectivity index (χ0v) is 17.9. The number of hydrogen-bond donors (Lipinski definition) is 1.